The third kappa shape index (κ3) is 3.02. The number of carbonyl (C=O) groups is 1. The van der Waals surface area contributed by atoms with Crippen molar-refractivity contribution in [2.75, 3.05) is 0 Å². The Morgan fingerprint density at radius 2 is 2.23 bits per heavy atom. The molecule has 0 fully saturated rings. The van der Waals surface area contributed by atoms with Gasteiger partial charge < -0.3 is 0 Å². The van der Waals surface area contributed by atoms with E-state index < -0.39 is 0 Å². The van der Waals surface area contributed by atoms with Gasteiger partial charge in [0.25, 0.3) is 0 Å². The molecule has 0 aliphatic heterocycles. The van der Waals surface area contributed by atoms with Gasteiger partial charge in [0, 0.05) is 5.56 Å². The van der Waals surface area contributed by atoms with Crippen LogP contribution >= 0.6 is 0 Å². The van der Waals surface area contributed by atoms with Crippen LogP contribution in [0.5, 0.6) is 0 Å². The first-order chi connectivity index (χ1) is 6.26. The highest BCUT2D eigenvalue weighted by Gasteiger charge is 2.01. The van der Waals surface area contributed by atoms with Crippen molar-refractivity contribution in [1.82, 2.24) is 0 Å². The van der Waals surface area contributed by atoms with Crippen molar-refractivity contribution in [1.29, 1.82) is 0 Å². The van der Waals surface area contributed by atoms with Crippen LogP contribution in [0.2, 0.25) is 0 Å². The average molecular weight is 176 g/mol. The minimum atomic E-state index is 0.696. The molecule has 1 heteroatoms. The zero-order chi connectivity index (χ0) is 9.68. The molecule has 1 unspecified atom stereocenters. The quantitative estimate of drug-likeness (QED) is 0.644. The molecule has 0 aliphatic carbocycles. The van der Waals surface area contributed by atoms with Gasteiger partial charge >= 0.3 is 0 Å². The first-order valence-electron chi connectivity index (χ1n) is 4.80. The molecular weight excluding hydrogens is 160 g/mol. The average Bonchev–Trinajstić information content (AvgIpc) is 2.18. The number of hydrogen-bond acceptors (Lipinski definition) is 1. The zero-order valence-electron chi connectivity index (χ0n) is 8.29. The van der Waals surface area contributed by atoms with E-state index in [4.69, 9.17) is 0 Å². The van der Waals surface area contributed by atoms with Crippen molar-refractivity contribution < 1.29 is 4.79 Å². The smallest absolute Gasteiger partial charge is 0.150 e. The molecule has 0 saturated carbocycles. The van der Waals surface area contributed by atoms with Crippen LogP contribution in [0.1, 0.15) is 36.2 Å². The number of aldehydes is 1. The summed E-state index contributed by atoms with van der Waals surface area (Å²) >= 11 is 0. The second-order valence-electron chi connectivity index (χ2n) is 3.58. The van der Waals surface area contributed by atoms with Gasteiger partial charge in [0.1, 0.15) is 6.29 Å². The van der Waals surface area contributed by atoms with Gasteiger partial charge in [0.05, 0.1) is 0 Å². The van der Waals surface area contributed by atoms with Crippen LogP contribution in [0, 0.1) is 5.92 Å². The maximum atomic E-state index is 10.5. The van der Waals surface area contributed by atoms with Gasteiger partial charge in [0.15, 0.2) is 0 Å². The van der Waals surface area contributed by atoms with E-state index in [-0.39, 0.29) is 0 Å². The van der Waals surface area contributed by atoms with E-state index in [0.717, 1.165) is 18.3 Å². The molecule has 0 aliphatic rings. The Morgan fingerprint density at radius 3 is 2.85 bits per heavy atom. The van der Waals surface area contributed by atoms with Gasteiger partial charge in [-0.25, -0.2) is 0 Å². The van der Waals surface area contributed by atoms with Crippen molar-refractivity contribution in [2.24, 2.45) is 5.92 Å². The Labute approximate surface area is 79.8 Å². The van der Waals surface area contributed by atoms with Crippen molar-refractivity contribution in [3.05, 3.63) is 35.4 Å². The Balaban J connectivity index is 2.71. The molecule has 1 atom stereocenters. The normalized spacial score (nSPS) is 12.5. The van der Waals surface area contributed by atoms with Crippen LogP contribution in [0.25, 0.3) is 0 Å². The number of rotatable bonds is 4. The second-order valence-corrected chi connectivity index (χ2v) is 3.58. The molecule has 70 valence electrons. The van der Waals surface area contributed by atoms with Crippen molar-refractivity contribution in [2.45, 2.75) is 26.7 Å². The maximum Gasteiger partial charge on any atom is 0.150 e. The van der Waals surface area contributed by atoms with Crippen molar-refractivity contribution >= 4 is 6.29 Å². The van der Waals surface area contributed by atoms with Crippen LogP contribution in [-0.2, 0) is 6.42 Å². The summed E-state index contributed by atoms with van der Waals surface area (Å²) in [5.41, 5.74) is 2.04. The van der Waals surface area contributed by atoms with Gasteiger partial charge in [0.2, 0.25) is 0 Å². The van der Waals surface area contributed by atoms with E-state index in [1.807, 2.05) is 18.2 Å². The molecule has 13 heavy (non-hydrogen) atoms. The van der Waals surface area contributed by atoms with E-state index in [1.165, 1.54) is 12.0 Å². The van der Waals surface area contributed by atoms with E-state index in [1.54, 1.807) is 0 Å². The highest BCUT2D eigenvalue weighted by atomic mass is 16.1. The molecule has 1 aromatic rings. The van der Waals surface area contributed by atoms with Gasteiger partial charge in [-0.1, -0.05) is 38.5 Å². The fraction of sp³-hybridized carbons (Fsp3) is 0.417. The first-order valence-corrected chi connectivity index (χ1v) is 4.80. The Bertz CT molecular complexity index is 278. The highest BCUT2D eigenvalue weighted by Crippen LogP contribution is 2.12. The molecule has 0 radical (unpaired) electrons. The molecular formula is C12H16O. The summed E-state index contributed by atoms with van der Waals surface area (Å²) in [6, 6.07) is 7.84. The van der Waals surface area contributed by atoms with Crippen LogP contribution < -0.4 is 0 Å². The summed E-state index contributed by atoms with van der Waals surface area (Å²) in [4.78, 5) is 10.5. The lowest BCUT2D eigenvalue weighted by Crippen LogP contribution is -1.98. The van der Waals surface area contributed by atoms with E-state index in [0.29, 0.717) is 5.92 Å². The molecule has 1 aromatic carbocycles. The number of carbonyl (C=O) groups excluding carboxylic acids is 1. The molecule has 0 amide bonds. The highest BCUT2D eigenvalue weighted by molar-refractivity contribution is 5.74. The van der Waals surface area contributed by atoms with Gasteiger partial charge in [-0.15, -0.1) is 0 Å². The zero-order valence-corrected chi connectivity index (χ0v) is 8.29. The third-order valence-electron chi connectivity index (χ3n) is 2.37. The molecule has 0 aromatic heterocycles. The summed E-state index contributed by atoms with van der Waals surface area (Å²) in [6.07, 6.45) is 3.16. The summed E-state index contributed by atoms with van der Waals surface area (Å²) in [5.74, 6) is 0.696. The monoisotopic (exact) mass is 176 g/mol. The van der Waals surface area contributed by atoms with Crippen LogP contribution in [-0.4, -0.2) is 6.29 Å². The molecule has 0 bridgehead atoms. The summed E-state index contributed by atoms with van der Waals surface area (Å²) in [5, 5.41) is 0. The fourth-order valence-electron chi connectivity index (χ4n) is 1.34. The predicted octanol–water partition coefficient (Wildman–Crippen LogP) is 3.09. The lowest BCUT2D eigenvalue weighted by Gasteiger charge is -2.07. The van der Waals surface area contributed by atoms with Crippen molar-refractivity contribution in [3.63, 3.8) is 0 Å². The summed E-state index contributed by atoms with van der Waals surface area (Å²) in [6.45, 7) is 4.42. The SMILES string of the molecule is CCC(C)Cc1cccc(C=O)c1. The Morgan fingerprint density at radius 1 is 1.46 bits per heavy atom. The molecule has 0 spiro atoms. The Hall–Kier alpha value is -1.11. The van der Waals surface area contributed by atoms with Crippen molar-refractivity contribution in [3.8, 4) is 0 Å². The molecule has 0 saturated heterocycles. The topological polar surface area (TPSA) is 17.1 Å². The van der Waals surface area contributed by atoms with E-state index in [2.05, 4.69) is 19.9 Å². The lowest BCUT2D eigenvalue weighted by atomic mass is 9.98. The van der Waals surface area contributed by atoms with E-state index in [9.17, 15) is 4.79 Å². The van der Waals surface area contributed by atoms with Gasteiger partial charge in [-0.3, -0.25) is 4.79 Å². The maximum absolute atomic E-state index is 10.5. The van der Waals surface area contributed by atoms with E-state index >= 15 is 0 Å². The molecule has 1 rings (SSSR count). The van der Waals surface area contributed by atoms with Gasteiger partial charge in [-0.05, 0) is 24.0 Å². The summed E-state index contributed by atoms with van der Waals surface area (Å²) in [7, 11) is 0. The van der Waals surface area contributed by atoms with Crippen LogP contribution in [0.3, 0.4) is 0 Å². The van der Waals surface area contributed by atoms with Gasteiger partial charge in [-0.2, -0.15) is 0 Å². The molecule has 1 nitrogen and oxygen atoms in total. The van der Waals surface area contributed by atoms with Crippen LogP contribution in [0.4, 0.5) is 0 Å². The third-order valence-corrected chi connectivity index (χ3v) is 2.37. The molecule has 0 heterocycles. The lowest BCUT2D eigenvalue weighted by molar-refractivity contribution is 0.112. The number of benzene rings is 1. The van der Waals surface area contributed by atoms with Crippen LogP contribution in [0.15, 0.2) is 24.3 Å². The Kier molecular flexibility index (Phi) is 3.69. The standard InChI is InChI=1S/C12H16O/c1-3-10(2)7-11-5-4-6-12(8-11)9-13/h4-6,8-10H,3,7H2,1-2H3. The largest absolute Gasteiger partial charge is 0.298 e. The second kappa shape index (κ2) is 4.80. The predicted molar refractivity (Wildman–Crippen MR) is 55.0 cm³/mol. The molecule has 0 N–H and O–H groups in total. The minimum absolute atomic E-state index is 0.696. The fourth-order valence-corrected chi connectivity index (χ4v) is 1.34. The first kappa shape index (κ1) is 9.97. The number of hydrogen-bond donors (Lipinski definition) is 0. The summed E-state index contributed by atoms with van der Waals surface area (Å²) < 4.78 is 0. The minimum Gasteiger partial charge on any atom is -0.298 e.